The van der Waals surface area contributed by atoms with Gasteiger partial charge < -0.3 is 10.1 Å². The first-order chi connectivity index (χ1) is 10.2. The van der Waals surface area contributed by atoms with E-state index in [4.69, 9.17) is 4.74 Å². The van der Waals surface area contributed by atoms with Crippen LogP contribution in [-0.2, 0) is 4.74 Å². The van der Waals surface area contributed by atoms with Gasteiger partial charge in [-0.15, -0.1) is 0 Å². The molecule has 2 amide bonds. The van der Waals surface area contributed by atoms with E-state index in [0.29, 0.717) is 24.4 Å². The Morgan fingerprint density at radius 2 is 2.05 bits per heavy atom. The van der Waals surface area contributed by atoms with Crippen LogP contribution in [0.5, 0.6) is 0 Å². The van der Waals surface area contributed by atoms with Crippen molar-refractivity contribution in [3.63, 3.8) is 0 Å². The number of nitrogens with zero attached hydrogens (tertiary/aromatic N) is 2. The maximum Gasteiger partial charge on any atom is 0.414 e. The highest BCUT2D eigenvalue weighted by Crippen LogP contribution is 2.19. The van der Waals surface area contributed by atoms with Crippen LogP contribution in [0.25, 0.3) is 0 Å². The van der Waals surface area contributed by atoms with Gasteiger partial charge in [-0.25, -0.2) is 4.79 Å². The molecule has 0 aliphatic carbocycles. The van der Waals surface area contributed by atoms with Crippen molar-refractivity contribution in [2.75, 3.05) is 23.4 Å². The summed E-state index contributed by atoms with van der Waals surface area (Å²) >= 11 is 0. The van der Waals surface area contributed by atoms with Crippen molar-refractivity contribution in [2.45, 2.75) is 0 Å². The Balaban J connectivity index is 1.72. The highest BCUT2D eigenvalue weighted by molar-refractivity contribution is 6.04. The number of rotatable bonds is 3. The Labute approximate surface area is 121 Å². The van der Waals surface area contributed by atoms with Gasteiger partial charge in [0.1, 0.15) is 6.61 Å². The van der Waals surface area contributed by atoms with Crippen LogP contribution < -0.4 is 10.2 Å². The fourth-order valence-electron chi connectivity index (χ4n) is 2.06. The molecule has 1 N–H and O–H groups in total. The smallest absolute Gasteiger partial charge is 0.414 e. The highest BCUT2D eigenvalue weighted by atomic mass is 16.6. The Hall–Kier alpha value is -2.89. The molecule has 106 valence electrons. The molecule has 1 aliphatic heterocycles. The minimum absolute atomic E-state index is 0.224. The number of cyclic esters (lactones) is 1. The standard InChI is InChI=1S/C15H13N3O3/c19-14(17-12-2-1-7-16-10-12)11-3-5-13(6-4-11)18-8-9-21-15(18)20/h1-7,10H,8-9H2,(H,17,19). The van der Waals surface area contributed by atoms with E-state index < -0.39 is 0 Å². The Kier molecular flexibility index (Phi) is 3.51. The molecule has 0 spiro atoms. The first-order valence-corrected chi connectivity index (χ1v) is 6.50. The lowest BCUT2D eigenvalue weighted by Gasteiger charge is -2.13. The molecule has 21 heavy (non-hydrogen) atoms. The molecule has 0 radical (unpaired) electrons. The van der Waals surface area contributed by atoms with Gasteiger partial charge in [-0.3, -0.25) is 14.7 Å². The van der Waals surface area contributed by atoms with Crippen molar-refractivity contribution in [1.82, 2.24) is 4.98 Å². The first-order valence-electron chi connectivity index (χ1n) is 6.50. The Morgan fingerprint density at radius 3 is 2.67 bits per heavy atom. The molecule has 0 atom stereocenters. The molecular formula is C15H13N3O3. The second-order valence-corrected chi connectivity index (χ2v) is 4.51. The third-order valence-corrected chi connectivity index (χ3v) is 3.12. The number of benzene rings is 1. The van der Waals surface area contributed by atoms with Gasteiger partial charge in [0.05, 0.1) is 18.4 Å². The predicted molar refractivity (Wildman–Crippen MR) is 77.3 cm³/mol. The van der Waals surface area contributed by atoms with Crippen molar-refractivity contribution in [3.8, 4) is 0 Å². The molecule has 0 unspecified atom stereocenters. The van der Waals surface area contributed by atoms with E-state index in [1.165, 1.54) is 4.90 Å². The maximum absolute atomic E-state index is 12.1. The molecule has 3 rings (SSSR count). The zero-order chi connectivity index (χ0) is 14.7. The summed E-state index contributed by atoms with van der Waals surface area (Å²) in [5.41, 5.74) is 1.86. The number of hydrogen-bond acceptors (Lipinski definition) is 4. The zero-order valence-electron chi connectivity index (χ0n) is 11.2. The molecule has 1 aromatic carbocycles. The first kappa shape index (κ1) is 13.1. The number of anilines is 2. The number of carbonyl (C=O) groups excluding carboxylic acids is 2. The largest absolute Gasteiger partial charge is 0.447 e. The fourth-order valence-corrected chi connectivity index (χ4v) is 2.06. The van der Waals surface area contributed by atoms with Crippen molar-refractivity contribution in [1.29, 1.82) is 0 Å². The zero-order valence-corrected chi connectivity index (χ0v) is 11.2. The number of hydrogen-bond donors (Lipinski definition) is 1. The summed E-state index contributed by atoms with van der Waals surface area (Å²) < 4.78 is 4.88. The molecule has 0 saturated carbocycles. The van der Waals surface area contributed by atoms with Crippen molar-refractivity contribution >= 4 is 23.4 Å². The van der Waals surface area contributed by atoms with Gasteiger partial charge in [0.15, 0.2) is 0 Å². The van der Waals surface area contributed by atoms with Gasteiger partial charge in [-0.2, -0.15) is 0 Å². The molecule has 1 fully saturated rings. The van der Waals surface area contributed by atoms with Crippen LogP contribution in [0.3, 0.4) is 0 Å². The predicted octanol–water partition coefficient (Wildman–Crippen LogP) is 2.29. The second-order valence-electron chi connectivity index (χ2n) is 4.51. The SMILES string of the molecule is O=C(Nc1cccnc1)c1ccc(N2CCOC2=O)cc1. The number of ether oxygens (including phenoxy) is 1. The monoisotopic (exact) mass is 283 g/mol. The Morgan fingerprint density at radius 1 is 1.24 bits per heavy atom. The Bertz CT molecular complexity index is 656. The van der Waals surface area contributed by atoms with E-state index in [2.05, 4.69) is 10.3 Å². The minimum atomic E-state index is -0.359. The minimum Gasteiger partial charge on any atom is -0.447 e. The summed E-state index contributed by atoms with van der Waals surface area (Å²) in [6.07, 6.45) is 2.86. The summed E-state index contributed by atoms with van der Waals surface area (Å²) in [6, 6.07) is 10.3. The quantitative estimate of drug-likeness (QED) is 0.938. The summed E-state index contributed by atoms with van der Waals surface area (Å²) in [7, 11) is 0. The fraction of sp³-hybridized carbons (Fsp3) is 0.133. The number of aromatic nitrogens is 1. The average Bonchev–Trinajstić information content (AvgIpc) is 2.94. The lowest BCUT2D eigenvalue weighted by atomic mass is 10.2. The number of amides is 2. The van der Waals surface area contributed by atoms with Gasteiger partial charge in [0.2, 0.25) is 0 Å². The molecule has 1 saturated heterocycles. The van der Waals surface area contributed by atoms with E-state index in [1.54, 1.807) is 48.8 Å². The van der Waals surface area contributed by atoms with Crippen LogP contribution in [0.4, 0.5) is 16.2 Å². The molecule has 2 heterocycles. The summed E-state index contributed by atoms with van der Waals surface area (Å²) in [5, 5.41) is 2.75. The molecule has 6 nitrogen and oxygen atoms in total. The van der Waals surface area contributed by atoms with E-state index in [0.717, 1.165) is 5.69 Å². The van der Waals surface area contributed by atoms with Crippen LogP contribution in [-0.4, -0.2) is 30.1 Å². The van der Waals surface area contributed by atoms with Crippen LogP contribution in [0.2, 0.25) is 0 Å². The third kappa shape index (κ3) is 2.84. The van der Waals surface area contributed by atoms with Gasteiger partial charge in [0.25, 0.3) is 5.91 Å². The van der Waals surface area contributed by atoms with Crippen LogP contribution in [0.15, 0.2) is 48.8 Å². The number of nitrogens with one attached hydrogen (secondary N) is 1. The highest BCUT2D eigenvalue weighted by Gasteiger charge is 2.23. The van der Waals surface area contributed by atoms with E-state index >= 15 is 0 Å². The molecule has 6 heteroatoms. The molecule has 2 aromatic rings. The van der Waals surface area contributed by atoms with Crippen molar-refractivity contribution in [2.24, 2.45) is 0 Å². The van der Waals surface area contributed by atoms with E-state index in [9.17, 15) is 9.59 Å². The van der Waals surface area contributed by atoms with Crippen LogP contribution in [0, 0.1) is 0 Å². The number of carbonyl (C=O) groups is 2. The average molecular weight is 283 g/mol. The molecule has 1 aliphatic rings. The number of pyridine rings is 1. The summed E-state index contributed by atoms with van der Waals surface area (Å²) in [5.74, 6) is -0.224. The van der Waals surface area contributed by atoms with Gasteiger partial charge in [-0.1, -0.05) is 0 Å². The lowest BCUT2D eigenvalue weighted by molar-refractivity contribution is 0.102. The molecule has 0 bridgehead atoms. The van der Waals surface area contributed by atoms with E-state index in [1.807, 2.05) is 0 Å². The van der Waals surface area contributed by atoms with Gasteiger partial charge >= 0.3 is 6.09 Å². The van der Waals surface area contributed by atoms with Crippen molar-refractivity contribution in [3.05, 3.63) is 54.4 Å². The summed E-state index contributed by atoms with van der Waals surface area (Å²) in [6.45, 7) is 0.919. The maximum atomic E-state index is 12.1. The topological polar surface area (TPSA) is 71.5 Å². The molecule has 1 aromatic heterocycles. The van der Waals surface area contributed by atoms with Gasteiger partial charge in [-0.05, 0) is 36.4 Å². The lowest BCUT2D eigenvalue weighted by Crippen LogP contribution is -2.23. The third-order valence-electron chi connectivity index (χ3n) is 3.12. The van der Waals surface area contributed by atoms with E-state index in [-0.39, 0.29) is 12.0 Å². The normalized spacial score (nSPS) is 13.9. The van der Waals surface area contributed by atoms with Crippen molar-refractivity contribution < 1.29 is 14.3 Å². The van der Waals surface area contributed by atoms with Crippen LogP contribution in [0.1, 0.15) is 10.4 Å². The van der Waals surface area contributed by atoms with Gasteiger partial charge in [0, 0.05) is 17.4 Å². The second kappa shape index (κ2) is 5.62. The van der Waals surface area contributed by atoms with Crippen LogP contribution >= 0.6 is 0 Å². The summed E-state index contributed by atoms with van der Waals surface area (Å²) in [4.78, 5) is 29.0. The molecular weight excluding hydrogens is 270 g/mol.